The lowest BCUT2D eigenvalue weighted by molar-refractivity contribution is -0.164. The Bertz CT molecular complexity index is 2610. The number of anilines is 3. The minimum atomic E-state index is -0.390. The molecule has 2 amide bonds. The fraction of sp³-hybridized carbons (Fsp3) is 0.468. The van der Waals surface area contributed by atoms with Crippen LogP contribution in [0.5, 0.6) is 5.75 Å². The molecule has 1 aliphatic carbocycles. The molecule has 0 spiro atoms. The number of ether oxygens (including phenoxy) is 1. The van der Waals surface area contributed by atoms with Gasteiger partial charge in [-0.05, 0) is 42.7 Å². The topological polar surface area (TPSA) is 162 Å². The standard InChI is InChI=1S/C47H54ClFN12O3/c1-28(62)59-16-13-40-36(27-59)41(54-39-10-8-30(17-38(39)49)33-22-53-57(6)26-33)56-61(40)34-11-14-58(15-12-34)23-29-24-60(25-29)45-51-20-32(21-52-45)42(63)55-43-46(2,3)44(47(43,4)5)64-35-9-7-31(19-50)37(48)18-35/h7-10,17-18,20-22,26,29,34,43-44H,11-16,23-25,27H2,1-6H3,(H,54,56)(H,55,63). The minimum Gasteiger partial charge on any atom is -0.489 e. The third-order valence-electron chi connectivity index (χ3n) is 13.8. The van der Waals surface area contributed by atoms with Crippen LogP contribution in [-0.2, 0) is 24.8 Å². The summed E-state index contributed by atoms with van der Waals surface area (Å²) in [5, 5.41) is 25.4. The Labute approximate surface area is 377 Å². The Morgan fingerprint density at radius 1 is 1.00 bits per heavy atom. The summed E-state index contributed by atoms with van der Waals surface area (Å²) in [5.74, 6) is 1.67. The molecule has 5 aromatic rings. The van der Waals surface area contributed by atoms with E-state index in [1.54, 1.807) is 54.5 Å². The Kier molecular flexibility index (Phi) is 11.4. The molecule has 0 unspecified atom stereocenters. The summed E-state index contributed by atoms with van der Waals surface area (Å²) in [5.41, 5.74) is 3.99. The molecule has 3 aromatic heterocycles. The van der Waals surface area contributed by atoms with E-state index in [2.05, 4.69) is 73.9 Å². The largest absolute Gasteiger partial charge is 0.489 e. The maximum absolute atomic E-state index is 15.5. The molecule has 2 aromatic carbocycles. The van der Waals surface area contributed by atoms with Gasteiger partial charge in [0.25, 0.3) is 5.91 Å². The first-order valence-electron chi connectivity index (χ1n) is 22.0. The fourth-order valence-electron chi connectivity index (χ4n) is 10.6. The van der Waals surface area contributed by atoms with Crippen molar-refractivity contribution in [3.8, 4) is 22.9 Å². The number of halogens is 2. The highest BCUT2D eigenvalue weighted by atomic mass is 35.5. The van der Waals surface area contributed by atoms with E-state index in [-0.39, 0.29) is 46.6 Å². The molecule has 0 atom stereocenters. The van der Waals surface area contributed by atoms with Gasteiger partial charge in [0.2, 0.25) is 11.9 Å². The van der Waals surface area contributed by atoms with Crippen molar-refractivity contribution in [2.45, 2.75) is 78.6 Å². The highest BCUT2D eigenvalue weighted by Gasteiger charge is 2.64. The van der Waals surface area contributed by atoms with E-state index in [0.717, 1.165) is 67.9 Å². The zero-order valence-electron chi connectivity index (χ0n) is 37.1. The van der Waals surface area contributed by atoms with Crippen molar-refractivity contribution >= 4 is 40.9 Å². The number of hydrogen-bond donors (Lipinski definition) is 2. The molecule has 15 nitrogen and oxygen atoms in total. The number of benzene rings is 2. The average molecular weight is 889 g/mol. The van der Waals surface area contributed by atoms with Crippen LogP contribution >= 0.6 is 11.6 Å². The second-order valence-corrected chi connectivity index (χ2v) is 19.4. The van der Waals surface area contributed by atoms with Crippen LogP contribution in [0.1, 0.15) is 80.7 Å². The Morgan fingerprint density at radius 3 is 2.38 bits per heavy atom. The fourth-order valence-corrected chi connectivity index (χ4v) is 10.8. The Morgan fingerprint density at radius 2 is 1.73 bits per heavy atom. The average Bonchev–Trinajstić information content (AvgIpc) is 3.86. The number of amides is 2. The molecule has 2 saturated heterocycles. The summed E-state index contributed by atoms with van der Waals surface area (Å²) in [4.78, 5) is 41.6. The number of piperidine rings is 1. The summed E-state index contributed by atoms with van der Waals surface area (Å²) in [7, 11) is 1.83. The van der Waals surface area contributed by atoms with E-state index in [1.165, 1.54) is 6.07 Å². The van der Waals surface area contributed by atoms with E-state index in [1.807, 2.05) is 24.2 Å². The number of nitrogens with one attached hydrogen (secondary N) is 2. The van der Waals surface area contributed by atoms with E-state index in [0.29, 0.717) is 64.8 Å². The van der Waals surface area contributed by atoms with Crippen LogP contribution in [0.4, 0.5) is 21.8 Å². The monoisotopic (exact) mass is 888 g/mol. The van der Waals surface area contributed by atoms with Gasteiger partial charge in [-0.1, -0.05) is 45.4 Å². The maximum Gasteiger partial charge on any atom is 0.254 e. The molecule has 0 radical (unpaired) electrons. The minimum absolute atomic E-state index is 0.0125. The van der Waals surface area contributed by atoms with E-state index < -0.39 is 0 Å². The van der Waals surface area contributed by atoms with Gasteiger partial charge in [0.15, 0.2) is 5.82 Å². The van der Waals surface area contributed by atoms with Crippen LogP contribution in [0, 0.1) is 33.9 Å². The number of carbonyl (C=O) groups is 2. The van der Waals surface area contributed by atoms with Crippen LogP contribution in [0.2, 0.25) is 5.02 Å². The van der Waals surface area contributed by atoms with E-state index in [9.17, 15) is 14.9 Å². The van der Waals surface area contributed by atoms with Gasteiger partial charge < -0.3 is 30.1 Å². The van der Waals surface area contributed by atoms with Gasteiger partial charge in [0.05, 0.1) is 40.6 Å². The number of fused-ring (bicyclic) bond motifs is 1. The van der Waals surface area contributed by atoms with Crippen molar-refractivity contribution in [3.63, 3.8) is 0 Å². The van der Waals surface area contributed by atoms with Gasteiger partial charge >= 0.3 is 0 Å². The van der Waals surface area contributed by atoms with Gasteiger partial charge in [0, 0.05) is 124 Å². The van der Waals surface area contributed by atoms with Crippen molar-refractivity contribution < 1.29 is 18.7 Å². The zero-order chi connectivity index (χ0) is 45.1. The molecule has 17 heteroatoms. The van der Waals surface area contributed by atoms with Gasteiger partial charge in [0.1, 0.15) is 23.7 Å². The van der Waals surface area contributed by atoms with E-state index >= 15 is 4.39 Å². The number of nitrogens with zero attached hydrogens (tertiary/aromatic N) is 10. The summed E-state index contributed by atoms with van der Waals surface area (Å²) in [6.07, 6.45) is 9.14. The lowest BCUT2D eigenvalue weighted by Gasteiger charge is -2.63. The molecule has 3 fully saturated rings. The first kappa shape index (κ1) is 43.2. The summed E-state index contributed by atoms with van der Waals surface area (Å²) in [6.45, 7) is 15.5. The number of hydrogen-bond acceptors (Lipinski definition) is 11. The number of aromatic nitrogens is 6. The second-order valence-electron chi connectivity index (χ2n) is 19.0. The Hall–Kier alpha value is -6.05. The summed E-state index contributed by atoms with van der Waals surface area (Å²) < 4.78 is 25.7. The molecule has 0 bridgehead atoms. The smallest absolute Gasteiger partial charge is 0.254 e. The molecule has 4 aliphatic rings. The third kappa shape index (κ3) is 8.15. The highest BCUT2D eigenvalue weighted by Crippen LogP contribution is 2.55. The molecule has 64 heavy (non-hydrogen) atoms. The SMILES string of the molecule is CC(=O)N1CCc2c(c(Nc3ccc(-c4cnn(C)c4)cc3F)nn2C2CCN(CC3CN(c4ncc(C(=O)NC5C(C)(C)C(Oc6ccc(C#N)c(Cl)c6)C5(C)C)cn4)C3)CC2)C1. The predicted octanol–water partition coefficient (Wildman–Crippen LogP) is 6.77. The summed E-state index contributed by atoms with van der Waals surface area (Å²) in [6, 6.07) is 12.3. The number of likely N-dealkylation sites (tertiary alicyclic amines) is 1. The van der Waals surface area contributed by atoms with Crippen molar-refractivity contribution in [3.05, 3.63) is 94.4 Å². The molecule has 9 rings (SSSR count). The van der Waals surface area contributed by atoms with Crippen molar-refractivity contribution in [1.29, 1.82) is 5.26 Å². The number of rotatable bonds is 11. The maximum atomic E-state index is 15.5. The van der Waals surface area contributed by atoms with Gasteiger partial charge in [-0.25, -0.2) is 14.4 Å². The van der Waals surface area contributed by atoms with Crippen LogP contribution in [-0.4, -0.2) is 103 Å². The predicted molar refractivity (Wildman–Crippen MR) is 241 cm³/mol. The van der Waals surface area contributed by atoms with Gasteiger partial charge in [-0.3, -0.25) is 19.0 Å². The molecular formula is C47H54ClFN12O3. The number of aryl methyl sites for hydroxylation is 1. The molecule has 2 N–H and O–H groups in total. The van der Waals surface area contributed by atoms with Gasteiger partial charge in [-0.2, -0.15) is 15.5 Å². The lowest BCUT2D eigenvalue weighted by Crippen LogP contribution is -2.74. The molecular weight excluding hydrogens is 835 g/mol. The Balaban J connectivity index is 0.768. The number of nitriles is 1. The molecule has 3 aliphatic heterocycles. The van der Waals surface area contributed by atoms with Crippen LogP contribution in [0.3, 0.4) is 0 Å². The molecule has 334 valence electrons. The van der Waals surface area contributed by atoms with E-state index in [4.69, 9.17) is 21.4 Å². The lowest BCUT2D eigenvalue weighted by atomic mass is 9.49. The summed E-state index contributed by atoms with van der Waals surface area (Å²) >= 11 is 6.26. The normalized spacial score (nSPS) is 20.7. The van der Waals surface area contributed by atoms with Crippen LogP contribution in [0.15, 0.2) is 61.2 Å². The van der Waals surface area contributed by atoms with Crippen molar-refractivity contribution in [2.75, 3.05) is 49.5 Å². The highest BCUT2D eigenvalue weighted by molar-refractivity contribution is 6.31. The quantitative estimate of drug-likeness (QED) is 0.144. The van der Waals surface area contributed by atoms with Crippen molar-refractivity contribution in [2.24, 2.45) is 23.8 Å². The van der Waals surface area contributed by atoms with Gasteiger partial charge in [-0.15, -0.1) is 0 Å². The third-order valence-corrected chi connectivity index (χ3v) is 14.1. The van der Waals surface area contributed by atoms with Crippen LogP contribution < -0.4 is 20.3 Å². The zero-order valence-corrected chi connectivity index (χ0v) is 37.9. The molecule has 1 saturated carbocycles. The first-order chi connectivity index (χ1) is 30.6. The van der Waals surface area contributed by atoms with Crippen molar-refractivity contribution in [1.82, 2.24) is 44.6 Å². The molecule has 6 heterocycles. The van der Waals surface area contributed by atoms with Crippen LogP contribution in [0.25, 0.3) is 11.1 Å². The number of carbonyl (C=O) groups excluding carboxylic acids is 2. The first-order valence-corrected chi connectivity index (χ1v) is 22.3. The second kappa shape index (κ2) is 16.8.